The summed E-state index contributed by atoms with van der Waals surface area (Å²) in [6, 6.07) is 23.2. The van der Waals surface area contributed by atoms with Crippen molar-refractivity contribution in [2.45, 2.75) is 53.4 Å². The Kier molecular flexibility index (Phi) is 10.1. The molecule has 0 aliphatic heterocycles. The van der Waals surface area contributed by atoms with Crippen LogP contribution in [0.25, 0.3) is 6.08 Å². The van der Waals surface area contributed by atoms with E-state index in [9.17, 15) is 0 Å². The molecule has 0 N–H and O–H groups in total. The number of allylic oxidation sites excluding steroid dienone is 2. The summed E-state index contributed by atoms with van der Waals surface area (Å²) in [5.74, 6) is 0.0888. The fraction of sp³-hybridized carbons (Fsp3) is 0.312. The van der Waals surface area contributed by atoms with Crippen molar-refractivity contribution in [3.05, 3.63) is 122 Å². The molecule has 0 saturated carbocycles. The maximum Gasteiger partial charge on any atom is 0.0406 e. The SMILES string of the molecule is C/C=C(C)/C(=C\c1cc(C(c2ccc(Cl)cc2)c2ccc(Cl)cc2)ccc1C)N(CCC)CCC. The predicted molar refractivity (Wildman–Crippen MR) is 155 cm³/mol. The largest absolute Gasteiger partial charge is 0.371 e. The summed E-state index contributed by atoms with van der Waals surface area (Å²) < 4.78 is 0. The molecule has 3 heteroatoms. The maximum absolute atomic E-state index is 6.22. The molecule has 0 spiro atoms. The van der Waals surface area contributed by atoms with Crippen molar-refractivity contribution in [2.75, 3.05) is 13.1 Å². The van der Waals surface area contributed by atoms with Crippen LogP contribution in [0.5, 0.6) is 0 Å². The highest BCUT2D eigenvalue weighted by Gasteiger charge is 2.18. The quantitative estimate of drug-likeness (QED) is 0.195. The third-order valence-electron chi connectivity index (χ3n) is 6.50. The van der Waals surface area contributed by atoms with Gasteiger partial charge in [-0.1, -0.05) is 85.6 Å². The van der Waals surface area contributed by atoms with Crippen molar-refractivity contribution in [3.63, 3.8) is 0 Å². The molecule has 0 amide bonds. The Morgan fingerprint density at radius 2 is 1.29 bits per heavy atom. The Morgan fingerprint density at radius 1 is 0.800 bits per heavy atom. The van der Waals surface area contributed by atoms with E-state index in [0.717, 1.165) is 36.0 Å². The predicted octanol–water partition coefficient (Wildman–Crippen LogP) is 9.91. The normalized spacial score (nSPS) is 12.3. The molecule has 0 bridgehead atoms. The lowest BCUT2D eigenvalue weighted by molar-refractivity contribution is 0.353. The van der Waals surface area contributed by atoms with Crippen LogP contribution < -0.4 is 0 Å². The van der Waals surface area contributed by atoms with Gasteiger partial charge in [0, 0.05) is 34.7 Å². The van der Waals surface area contributed by atoms with Gasteiger partial charge in [-0.05, 0) is 97.3 Å². The second kappa shape index (κ2) is 13.0. The van der Waals surface area contributed by atoms with Gasteiger partial charge in [0.05, 0.1) is 0 Å². The Morgan fingerprint density at radius 3 is 1.74 bits per heavy atom. The summed E-state index contributed by atoms with van der Waals surface area (Å²) in [5, 5.41) is 1.49. The zero-order valence-electron chi connectivity index (χ0n) is 21.6. The van der Waals surface area contributed by atoms with Gasteiger partial charge >= 0.3 is 0 Å². The number of aryl methyl sites for hydroxylation is 1. The average Bonchev–Trinajstić information content (AvgIpc) is 2.86. The summed E-state index contributed by atoms with van der Waals surface area (Å²) >= 11 is 12.4. The van der Waals surface area contributed by atoms with Gasteiger partial charge in [-0.25, -0.2) is 0 Å². The minimum Gasteiger partial charge on any atom is -0.371 e. The van der Waals surface area contributed by atoms with Crippen molar-refractivity contribution >= 4 is 29.3 Å². The molecule has 0 fully saturated rings. The highest BCUT2D eigenvalue weighted by Crippen LogP contribution is 2.35. The lowest BCUT2D eigenvalue weighted by Crippen LogP contribution is -2.25. The van der Waals surface area contributed by atoms with E-state index in [-0.39, 0.29) is 5.92 Å². The minimum atomic E-state index is 0.0888. The van der Waals surface area contributed by atoms with Gasteiger partial charge in [-0.2, -0.15) is 0 Å². The van der Waals surface area contributed by atoms with Crippen LogP contribution in [0.3, 0.4) is 0 Å². The van der Waals surface area contributed by atoms with Crippen molar-refractivity contribution in [1.82, 2.24) is 4.90 Å². The van der Waals surface area contributed by atoms with E-state index in [0.29, 0.717) is 0 Å². The Bertz CT molecular complexity index is 1110. The Labute approximate surface area is 222 Å². The molecule has 0 aliphatic rings. The lowest BCUT2D eigenvalue weighted by atomic mass is 9.84. The summed E-state index contributed by atoms with van der Waals surface area (Å²) in [5.41, 5.74) is 8.81. The minimum absolute atomic E-state index is 0.0888. The molecular formula is C32H37Cl2N. The second-order valence-electron chi connectivity index (χ2n) is 9.14. The molecule has 3 aromatic carbocycles. The topological polar surface area (TPSA) is 3.24 Å². The first-order valence-corrected chi connectivity index (χ1v) is 13.3. The molecule has 0 aliphatic carbocycles. The monoisotopic (exact) mass is 505 g/mol. The number of halogens is 2. The zero-order chi connectivity index (χ0) is 25.4. The molecule has 184 valence electrons. The maximum atomic E-state index is 6.22. The van der Waals surface area contributed by atoms with Gasteiger partial charge < -0.3 is 4.90 Å². The summed E-state index contributed by atoms with van der Waals surface area (Å²) in [6.07, 6.45) is 6.85. The van der Waals surface area contributed by atoms with Crippen LogP contribution in [0.1, 0.15) is 74.3 Å². The first-order valence-electron chi connectivity index (χ1n) is 12.6. The molecule has 0 saturated heterocycles. The summed E-state index contributed by atoms with van der Waals surface area (Å²) in [4.78, 5) is 2.53. The smallest absolute Gasteiger partial charge is 0.0406 e. The molecular weight excluding hydrogens is 469 g/mol. The van der Waals surface area contributed by atoms with Gasteiger partial charge in [0.2, 0.25) is 0 Å². The van der Waals surface area contributed by atoms with E-state index in [1.807, 2.05) is 24.3 Å². The third kappa shape index (κ3) is 7.03. The van der Waals surface area contributed by atoms with Crippen LogP contribution in [0.4, 0.5) is 0 Å². The van der Waals surface area contributed by atoms with E-state index in [1.165, 1.54) is 39.1 Å². The van der Waals surface area contributed by atoms with Crippen molar-refractivity contribution in [1.29, 1.82) is 0 Å². The fourth-order valence-corrected chi connectivity index (χ4v) is 4.78. The molecule has 0 radical (unpaired) electrons. The second-order valence-corrected chi connectivity index (χ2v) is 10.0. The molecule has 0 unspecified atom stereocenters. The average molecular weight is 507 g/mol. The number of benzene rings is 3. The summed E-state index contributed by atoms with van der Waals surface area (Å²) in [7, 11) is 0. The van der Waals surface area contributed by atoms with Crippen LogP contribution in [0, 0.1) is 6.92 Å². The van der Waals surface area contributed by atoms with Gasteiger partial charge in [0.1, 0.15) is 0 Å². The molecule has 3 aromatic rings. The third-order valence-corrected chi connectivity index (χ3v) is 7.00. The van der Waals surface area contributed by atoms with Crippen molar-refractivity contribution in [2.24, 2.45) is 0 Å². The van der Waals surface area contributed by atoms with Gasteiger partial charge in [-0.15, -0.1) is 0 Å². The highest BCUT2D eigenvalue weighted by molar-refractivity contribution is 6.30. The van der Waals surface area contributed by atoms with E-state index in [2.05, 4.69) is 94.1 Å². The van der Waals surface area contributed by atoms with E-state index >= 15 is 0 Å². The standard InChI is InChI=1S/C32H37Cl2N/c1-6-19-35(20-7-2)31(23(4)8-3)22-28-21-27(10-9-24(28)5)32(25-11-15-29(33)16-12-25)26-13-17-30(34)18-14-26/h8-18,21-22,32H,6-7,19-20H2,1-5H3/b23-8+,31-22+. The fourth-order valence-electron chi connectivity index (χ4n) is 4.52. The van der Waals surface area contributed by atoms with Crippen LogP contribution in [-0.4, -0.2) is 18.0 Å². The number of hydrogen-bond donors (Lipinski definition) is 0. The summed E-state index contributed by atoms with van der Waals surface area (Å²) in [6.45, 7) is 13.2. The molecule has 3 rings (SSSR count). The van der Waals surface area contributed by atoms with E-state index in [1.54, 1.807) is 0 Å². The van der Waals surface area contributed by atoms with Gasteiger partial charge in [-0.3, -0.25) is 0 Å². The van der Waals surface area contributed by atoms with E-state index in [4.69, 9.17) is 23.2 Å². The van der Waals surface area contributed by atoms with Crippen LogP contribution >= 0.6 is 23.2 Å². The van der Waals surface area contributed by atoms with Crippen LogP contribution in [0.15, 0.2) is 84.1 Å². The number of rotatable bonds is 10. The van der Waals surface area contributed by atoms with Gasteiger partial charge in [0.15, 0.2) is 0 Å². The highest BCUT2D eigenvalue weighted by atomic mass is 35.5. The zero-order valence-corrected chi connectivity index (χ0v) is 23.1. The molecule has 0 heterocycles. The number of hydrogen-bond acceptors (Lipinski definition) is 1. The molecule has 0 atom stereocenters. The molecule has 35 heavy (non-hydrogen) atoms. The van der Waals surface area contributed by atoms with Crippen LogP contribution in [-0.2, 0) is 0 Å². The number of nitrogens with zero attached hydrogens (tertiary/aromatic N) is 1. The van der Waals surface area contributed by atoms with Crippen LogP contribution in [0.2, 0.25) is 10.0 Å². The lowest BCUT2D eigenvalue weighted by Gasteiger charge is -2.28. The Balaban J connectivity index is 2.16. The van der Waals surface area contributed by atoms with Crippen molar-refractivity contribution < 1.29 is 0 Å². The molecule has 0 aromatic heterocycles. The van der Waals surface area contributed by atoms with Gasteiger partial charge in [0.25, 0.3) is 0 Å². The molecule has 1 nitrogen and oxygen atoms in total. The van der Waals surface area contributed by atoms with E-state index < -0.39 is 0 Å². The first-order chi connectivity index (χ1) is 16.9. The van der Waals surface area contributed by atoms with Crippen molar-refractivity contribution in [3.8, 4) is 0 Å². The first kappa shape index (κ1) is 27.1. The Hall–Kier alpha value is -2.48.